The molecular formula is C16H21N5. The minimum Gasteiger partial charge on any atom is -0.369 e. The van der Waals surface area contributed by atoms with Crippen molar-refractivity contribution in [3.05, 3.63) is 42.0 Å². The zero-order valence-electron chi connectivity index (χ0n) is 13.0. The van der Waals surface area contributed by atoms with Gasteiger partial charge in [0.15, 0.2) is 0 Å². The van der Waals surface area contributed by atoms with E-state index in [-0.39, 0.29) is 5.54 Å². The van der Waals surface area contributed by atoms with E-state index in [1.807, 2.05) is 6.21 Å². The Balaban J connectivity index is 1.93. The Kier molecular flexibility index (Phi) is 3.27. The maximum atomic E-state index is 4.31. The molecule has 3 rings (SSSR count). The highest BCUT2D eigenvalue weighted by molar-refractivity contribution is 5.81. The molecule has 110 valence electrons. The maximum Gasteiger partial charge on any atom is 0.141 e. The van der Waals surface area contributed by atoms with Crippen molar-refractivity contribution in [1.82, 2.24) is 14.9 Å². The Morgan fingerprint density at radius 1 is 1.29 bits per heavy atom. The molecule has 0 saturated carbocycles. The van der Waals surface area contributed by atoms with Gasteiger partial charge in [0.05, 0.1) is 6.21 Å². The third-order valence-corrected chi connectivity index (χ3v) is 4.40. The van der Waals surface area contributed by atoms with Gasteiger partial charge < -0.3 is 4.90 Å². The van der Waals surface area contributed by atoms with Crippen molar-refractivity contribution >= 4 is 11.9 Å². The number of hydrogen-bond acceptors (Lipinski definition) is 4. The lowest BCUT2D eigenvalue weighted by molar-refractivity contribution is 0.395. The predicted molar refractivity (Wildman–Crippen MR) is 85.0 cm³/mol. The molecule has 0 radical (unpaired) electrons. The van der Waals surface area contributed by atoms with Gasteiger partial charge in [0.25, 0.3) is 0 Å². The molecule has 0 N–H and O–H groups in total. The van der Waals surface area contributed by atoms with Crippen LogP contribution in [0.5, 0.6) is 0 Å². The van der Waals surface area contributed by atoms with E-state index in [0.717, 1.165) is 12.0 Å². The number of hydrogen-bond donors (Lipinski definition) is 0. The topological polar surface area (TPSA) is 46.3 Å². The van der Waals surface area contributed by atoms with Gasteiger partial charge in [-0.05, 0) is 49.4 Å². The van der Waals surface area contributed by atoms with Gasteiger partial charge in [-0.3, -0.25) is 0 Å². The molecule has 1 aromatic carbocycles. The summed E-state index contributed by atoms with van der Waals surface area (Å²) in [7, 11) is 2.18. The molecule has 5 heteroatoms. The SMILES string of the molecule is C[C@@H]1CC(C)(C)N(C)c2ccc(/C=N\n3cnnc3)cc21. The van der Waals surface area contributed by atoms with Gasteiger partial charge in [-0.25, -0.2) is 4.68 Å². The summed E-state index contributed by atoms with van der Waals surface area (Å²) < 4.78 is 1.60. The molecule has 1 aromatic heterocycles. The van der Waals surface area contributed by atoms with Crippen molar-refractivity contribution in [1.29, 1.82) is 0 Å². The Bertz CT molecular complexity index is 657. The fourth-order valence-electron chi connectivity index (χ4n) is 3.06. The Hall–Kier alpha value is -2.17. The van der Waals surface area contributed by atoms with E-state index in [1.165, 1.54) is 11.3 Å². The second-order valence-electron chi connectivity index (χ2n) is 6.38. The predicted octanol–water partition coefficient (Wildman–Crippen LogP) is 2.88. The van der Waals surface area contributed by atoms with Gasteiger partial charge in [0.2, 0.25) is 0 Å². The molecule has 0 spiro atoms. The highest BCUT2D eigenvalue weighted by atomic mass is 15.4. The van der Waals surface area contributed by atoms with Crippen LogP contribution in [-0.4, -0.2) is 33.7 Å². The molecule has 0 fully saturated rings. The van der Waals surface area contributed by atoms with Crippen LogP contribution in [0.2, 0.25) is 0 Å². The molecule has 2 heterocycles. The zero-order valence-corrected chi connectivity index (χ0v) is 13.0. The molecule has 0 saturated heterocycles. The van der Waals surface area contributed by atoms with Gasteiger partial charge in [0, 0.05) is 18.3 Å². The first-order valence-electron chi connectivity index (χ1n) is 7.24. The van der Waals surface area contributed by atoms with Crippen LogP contribution in [0.15, 0.2) is 36.0 Å². The summed E-state index contributed by atoms with van der Waals surface area (Å²) >= 11 is 0. The molecule has 1 aliphatic heterocycles. The zero-order chi connectivity index (χ0) is 15.0. The number of rotatable bonds is 2. The van der Waals surface area contributed by atoms with Gasteiger partial charge in [-0.1, -0.05) is 13.0 Å². The van der Waals surface area contributed by atoms with Crippen molar-refractivity contribution < 1.29 is 0 Å². The first kappa shape index (κ1) is 13.8. The lowest BCUT2D eigenvalue weighted by Gasteiger charge is -2.45. The second kappa shape index (κ2) is 4.98. The molecular weight excluding hydrogens is 262 g/mol. The molecule has 0 amide bonds. The average molecular weight is 283 g/mol. The Morgan fingerprint density at radius 2 is 2.00 bits per heavy atom. The lowest BCUT2D eigenvalue weighted by atomic mass is 9.80. The van der Waals surface area contributed by atoms with Crippen molar-refractivity contribution in [2.24, 2.45) is 5.10 Å². The van der Waals surface area contributed by atoms with Gasteiger partial charge in [0.1, 0.15) is 12.7 Å². The summed E-state index contributed by atoms with van der Waals surface area (Å²) in [6.07, 6.45) is 6.15. The standard InChI is InChI=1S/C16H21N5/c1-12-8-16(2,3)20(4)15-6-5-13(7-14(12)15)9-19-21-10-17-18-11-21/h5-7,9-12H,8H2,1-4H3/b19-9-/t12-/m1/s1. The first-order valence-corrected chi connectivity index (χ1v) is 7.24. The average Bonchev–Trinajstić information content (AvgIpc) is 2.95. The minimum absolute atomic E-state index is 0.199. The van der Waals surface area contributed by atoms with E-state index in [1.54, 1.807) is 17.3 Å². The Morgan fingerprint density at radius 3 is 2.71 bits per heavy atom. The first-order chi connectivity index (χ1) is 9.97. The summed E-state index contributed by atoms with van der Waals surface area (Å²) in [5.74, 6) is 0.550. The van der Waals surface area contributed by atoms with E-state index in [4.69, 9.17) is 0 Å². The highest BCUT2D eigenvalue weighted by Crippen LogP contribution is 2.42. The minimum atomic E-state index is 0.199. The van der Waals surface area contributed by atoms with E-state index in [2.05, 4.69) is 66.2 Å². The van der Waals surface area contributed by atoms with Crippen LogP contribution in [0.1, 0.15) is 44.2 Å². The summed E-state index contributed by atoms with van der Waals surface area (Å²) in [4.78, 5) is 2.38. The second-order valence-corrected chi connectivity index (χ2v) is 6.38. The maximum absolute atomic E-state index is 4.31. The number of anilines is 1. The molecule has 21 heavy (non-hydrogen) atoms. The summed E-state index contributed by atoms with van der Waals surface area (Å²) in [5, 5.41) is 11.8. The van der Waals surface area contributed by atoms with Gasteiger partial charge in [-0.15, -0.1) is 10.2 Å². The highest BCUT2D eigenvalue weighted by Gasteiger charge is 2.33. The molecule has 0 aliphatic carbocycles. The van der Waals surface area contributed by atoms with E-state index >= 15 is 0 Å². The van der Waals surface area contributed by atoms with Crippen LogP contribution in [-0.2, 0) is 0 Å². The van der Waals surface area contributed by atoms with Crippen LogP contribution >= 0.6 is 0 Å². The van der Waals surface area contributed by atoms with Crippen LogP contribution < -0.4 is 4.90 Å². The van der Waals surface area contributed by atoms with Crippen LogP contribution in [0.3, 0.4) is 0 Å². The van der Waals surface area contributed by atoms with E-state index in [9.17, 15) is 0 Å². The number of nitrogens with zero attached hydrogens (tertiary/aromatic N) is 5. The molecule has 0 unspecified atom stereocenters. The monoisotopic (exact) mass is 283 g/mol. The van der Waals surface area contributed by atoms with Crippen molar-refractivity contribution in [3.8, 4) is 0 Å². The number of benzene rings is 1. The fourth-order valence-corrected chi connectivity index (χ4v) is 3.06. The quantitative estimate of drug-likeness (QED) is 0.796. The largest absolute Gasteiger partial charge is 0.369 e. The normalized spacial score (nSPS) is 20.8. The molecule has 5 nitrogen and oxygen atoms in total. The van der Waals surface area contributed by atoms with Crippen LogP contribution in [0.4, 0.5) is 5.69 Å². The molecule has 0 bridgehead atoms. The summed E-state index contributed by atoms with van der Waals surface area (Å²) in [6.45, 7) is 6.90. The van der Waals surface area contributed by atoms with Gasteiger partial charge in [-0.2, -0.15) is 5.10 Å². The smallest absolute Gasteiger partial charge is 0.141 e. The van der Waals surface area contributed by atoms with Crippen molar-refractivity contribution in [2.75, 3.05) is 11.9 Å². The number of fused-ring (bicyclic) bond motifs is 1. The Labute approximate surface area is 125 Å². The fraction of sp³-hybridized carbons (Fsp3) is 0.438. The molecule has 1 aliphatic rings. The van der Waals surface area contributed by atoms with E-state index < -0.39 is 0 Å². The van der Waals surface area contributed by atoms with Crippen molar-refractivity contribution in [2.45, 2.75) is 38.6 Å². The van der Waals surface area contributed by atoms with Crippen LogP contribution in [0.25, 0.3) is 0 Å². The molecule has 2 aromatic rings. The van der Waals surface area contributed by atoms with Crippen LogP contribution in [0, 0.1) is 0 Å². The lowest BCUT2D eigenvalue weighted by Crippen LogP contribution is -2.45. The van der Waals surface area contributed by atoms with Gasteiger partial charge >= 0.3 is 0 Å². The third kappa shape index (κ3) is 2.55. The van der Waals surface area contributed by atoms with E-state index in [0.29, 0.717) is 5.92 Å². The number of aromatic nitrogens is 3. The third-order valence-electron chi connectivity index (χ3n) is 4.40. The van der Waals surface area contributed by atoms with Crippen molar-refractivity contribution in [3.63, 3.8) is 0 Å². The summed E-state index contributed by atoms with van der Waals surface area (Å²) in [6, 6.07) is 6.54. The summed E-state index contributed by atoms with van der Waals surface area (Å²) in [5.41, 5.74) is 4.01. The molecule has 1 atom stereocenters.